The standard InChI is InChI=1S/C17H28N4O9/c1-8(23)13(17(29)30)21-16(28)11(7-22)20-15(27)10(4-5-12(24)25)19-14(26)9-3-2-6-18-9/h8-11,13,18,22-23H,2-7H2,1H3,(H,19,26)(H,20,27)(H,21,28)(H,24,25)(H,29,30)/t8-,9+,10+,11+,13+/m1/s1. The van der Waals surface area contributed by atoms with Gasteiger partial charge >= 0.3 is 11.9 Å². The minimum Gasteiger partial charge on any atom is -0.481 e. The molecule has 1 heterocycles. The second-order valence-electron chi connectivity index (χ2n) is 6.95. The lowest BCUT2D eigenvalue weighted by molar-refractivity contribution is -0.145. The molecular weight excluding hydrogens is 404 g/mol. The van der Waals surface area contributed by atoms with Crippen molar-refractivity contribution >= 4 is 29.7 Å². The van der Waals surface area contributed by atoms with Gasteiger partial charge in [0.05, 0.1) is 18.8 Å². The van der Waals surface area contributed by atoms with Crippen LogP contribution in [0, 0.1) is 0 Å². The topological polar surface area (TPSA) is 214 Å². The second-order valence-corrected chi connectivity index (χ2v) is 6.95. The van der Waals surface area contributed by atoms with Gasteiger partial charge in [0.15, 0.2) is 6.04 Å². The molecule has 30 heavy (non-hydrogen) atoms. The lowest BCUT2D eigenvalue weighted by atomic mass is 10.1. The molecule has 0 bridgehead atoms. The summed E-state index contributed by atoms with van der Waals surface area (Å²) in [4.78, 5) is 58.9. The van der Waals surface area contributed by atoms with Crippen LogP contribution in [0.1, 0.15) is 32.6 Å². The van der Waals surface area contributed by atoms with Crippen molar-refractivity contribution in [2.24, 2.45) is 0 Å². The first kappa shape index (κ1) is 25.3. The minimum absolute atomic E-state index is 0.259. The molecule has 0 aliphatic carbocycles. The van der Waals surface area contributed by atoms with Crippen LogP contribution >= 0.6 is 0 Å². The number of aliphatic hydroxyl groups is 2. The molecule has 5 atom stereocenters. The smallest absolute Gasteiger partial charge is 0.328 e. The van der Waals surface area contributed by atoms with Crippen LogP contribution in [0.25, 0.3) is 0 Å². The number of aliphatic hydroxyl groups excluding tert-OH is 2. The van der Waals surface area contributed by atoms with Crippen LogP contribution in [0.3, 0.4) is 0 Å². The third kappa shape index (κ3) is 7.93. The van der Waals surface area contributed by atoms with Gasteiger partial charge < -0.3 is 41.7 Å². The van der Waals surface area contributed by atoms with E-state index in [1.54, 1.807) is 0 Å². The molecule has 0 radical (unpaired) electrons. The summed E-state index contributed by atoms with van der Waals surface area (Å²) in [6.07, 6.45) is -0.815. The van der Waals surface area contributed by atoms with E-state index < -0.39 is 73.0 Å². The van der Waals surface area contributed by atoms with Gasteiger partial charge in [0.25, 0.3) is 0 Å². The fourth-order valence-electron chi connectivity index (χ4n) is 2.83. The Kier molecular flexibility index (Phi) is 10.1. The minimum atomic E-state index is -1.67. The highest BCUT2D eigenvalue weighted by Crippen LogP contribution is 2.07. The molecule has 13 nitrogen and oxygen atoms in total. The molecule has 0 spiro atoms. The predicted octanol–water partition coefficient (Wildman–Crippen LogP) is -3.48. The predicted molar refractivity (Wildman–Crippen MR) is 100 cm³/mol. The van der Waals surface area contributed by atoms with Crippen LogP contribution in [0.2, 0.25) is 0 Å². The number of hydrogen-bond acceptors (Lipinski definition) is 8. The number of carboxylic acids is 2. The fraction of sp³-hybridized carbons (Fsp3) is 0.706. The van der Waals surface area contributed by atoms with Crippen LogP contribution in [-0.4, -0.2) is 93.5 Å². The third-order valence-corrected chi connectivity index (χ3v) is 4.52. The van der Waals surface area contributed by atoms with Gasteiger partial charge in [-0.25, -0.2) is 4.79 Å². The molecule has 3 amide bonds. The van der Waals surface area contributed by atoms with Crippen molar-refractivity contribution in [2.75, 3.05) is 13.2 Å². The van der Waals surface area contributed by atoms with Crippen LogP contribution in [0.5, 0.6) is 0 Å². The average Bonchev–Trinajstić information content (AvgIpc) is 3.21. The number of carbonyl (C=O) groups is 5. The van der Waals surface area contributed by atoms with E-state index in [0.717, 1.165) is 13.3 Å². The number of rotatable bonds is 12. The van der Waals surface area contributed by atoms with Gasteiger partial charge in [0.1, 0.15) is 12.1 Å². The number of nitrogens with one attached hydrogen (secondary N) is 4. The largest absolute Gasteiger partial charge is 0.481 e. The summed E-state index contributed by atoms with van der Waals surface area (Å²) in [5.74, 6) is -5.19. The molecule has 1 fully saturated rings. The van der Waals surface area contributed by atoms with Gasteiger partial charge in [-0.2, -0.15) is 0 Å². The Balaban J connectivity index is 2.81. The van der Waals surface area contributed by atoms with Crippen molar-refractivity contribution in [3.63, 3.8) is 0 Å². The molecule has 1 saturated heterocycles. The summed E-state index contributed by atoms with van der Waals surface area (Å²) in [6.45, 7) is 0.873. The molecule has 1 rings (SSSR count). The summed E-state index contributed by atoms with van der Waals surface area (Å²) in [6, 6.07) is -5.05. The average molecular weight is 432 g/mol. The fourth-order valence-corrected chi connectivity index (χ4v) is 2.83. The first-order valence-corrected chi connectivity index (χ1v) is 9.44. The molecule has 0 unspecified atom stereocenters. The van der Waals surface area contributed by atoms with E-state index in [1.165, 1.54) is 0 Å². The van der Waals surface area contributed by atoms with Gasteiger partial charge in [-0.3, -0.25) is 19.2 Å². The van der Waals surface area contributed by atoms with Gasteiger partial charge in [-0.05, 0) is 32.7 Å². The van der Waals surface area contributed by atoms with Crippen molar-refractivity contribution in [2.45, 2.75) is 62.9 Å². The number of aliphatic carboxylic acids is 2. The normalized spacial score (nSPS) is 19.8. The van der Waals surface area contributed by atoms with E-state index in [4.69, 9.17) is 10.2 Å². The van der Waals surface area contributed by atoms with E-state index >= 15 is 0 Å². The van der Waals surface area contributed by atoms with E-state index in [0.29, 0.717) is 13.0 Å². The molecule has 0 saturated carbocycles. The zero-order valence-corrected chi connectivity index (χ0v) is 16.5. The van der Waals surface area contributed by atoms with E-state index in [1.807, 2.05) is 5.32 Å². The summed E-state index contributed by atoms with van der Waals surface area (Å²) >= 11 is 0. The number of carbonyl (C=O) groups excluding carboxylic acids is 3. The molecule has 8 N–H and O–H groups in total. The van der Waals surface area contributed by atoms with E-state index in [-0.39, 0.29) is 6.42 Å². The summed E-state index contributed by atoms with van der Waals surface area (Å²) in [7, 11) is 0. The molecule has 13 heteroatoms. The Labute approximate surface area is 172 Å². The Morgan fingerprint density at radius 2 is 1.67 bits per heavy atom. The highest BCUT2D eigenvalue weighted by molar-refractivity contribution is 5.94. The second kappa shape index (κ2) is 12.0. The zero-order valence-electron chi connectivity index (χ0n) is 16.5. The third-order valence-electron chi connectivity index (χ3n) is 4.52. The van der Waals surface area contributed by atoms with Crippen molar-refractivity contribution in [1.29, 1.82) is 0 Å². The Morgan fingerprint density at radius 3 is 2.13 bits per heavy atom. The summed E-state index contributed by atoms with van der Waals surface area (Å²) < 4.78 is 0. The monoisotopic (exact) mass is 432 g/mol. The molecule has 1 aliphatic heterocycles. The van der Waals surface area contributed by atoms with Crippen LogP contribution < -0.4 is 21.3 Å². The van der Waals surface area contributed by atoms with Gasteiger partial charge in [-0.15, -0.1) is 0 Å². The van der Waals surface area contributed by atoms with E-state index in [2.05, 4.69) is 16.0 Å². The van der Waals surface area contributed by atoms with Crippen molar-refractivity contribution in [1.82, 2.24) is 21.3 Å². The highest BCUT2D eigenvalue weighted by atomic mass is 16.4. The Bertz CT molecular complexity index is 649. The molecule has 0 aromatic rings. The first-order chi connectivity index (χ1) is 14.1. The Hall–Kier alpha value is -2.77. The van der Waals surface area contributed by atoms with E-state index in [9.17, 15) is 34.2 Å². The van der Waals surface area contributed by atoms with Gasteiger partial charge in [0, 0.05) is 6.42 Å². The molecule has 0 aromatic heterocycles. The number of carboxylic acid groups (broad SMARTS) is 2. The Morgan fingerprint density at radius 1 is 1.03 bits per heavy atom. The van der Waals surface area contributed by atoms with Gasteiger partial charge in [-0.1, -0.05) is 0 Å². The highest BCUT2D eigenvalue weighted by Gasteiger charge is 2.32. The zero-order chi connectivity index (χ0) is 22.8. The lowest BCUT2D eigenvalue weighted by Crippen LogP contribution is -2.59. The van der Waals surface area contributed by atoms with Crippen LogP contribution in [0.4, 0.5) is 0 Å². The molecule has 0 aromatic carbocycles. The molecule has 170 valence electrons. The maximum absolute atomic E-state index is 12.5. The molecular formula is C17H28N4O9. The number of hydrogen-bond donors (Lipinski definition) is 8. The quantitative estimate of drug-likeness (QED) is 0.152. The lowest BCUT2D eigenvalue weighted by Gasteiger charge is -2.24. The van der Waals surface area contributed by atoms with Crippen LogP contribution in [0.15, 0.2) is 0 Å². The maximum atomic E-state index is 12.5. The van der Waals surface area contributed by atoms with Crippen molar-refractivity contribution in [3.05, 3.63) is 0 Å². The number of amides is 3. The SMILES string of the molecule is C[C@@H](O)[C@H](NC(=O)[C@H](CO)NC(=O)[C@H](CCC(=O)O)NC(=O)[C@@H]1CCCN1)C(=O)O. The van der Waals surface area contributed by atoms with Crippen LogP contribution in [-0.2, 0) is 24.0 Å². The summed E-state index contributed by atoms with van der Waals surface area (Å²) in [5, 5.41) is 46.2. The first-order valence-electron chi connectivity index (χ1n) is 9.44. The molecule has 1 aliphatic rings. The van der Waals surface area contributed by atoms with Crippen molar-refractivity contribution in [3.8, 4) is 0 Å². The summed E-state index contributed by atoms with van der Waals surface area (Å²) in [5.41, 5.74) is 0. The maximum Gasteiger partial charge on any atom is 0.328 e. The van der Waals surface area contributed by atoms with Crippen molar-refractivity contribution < 1.29 is 44.4 Å². The van der Waals surface area contributed by atoms with Gasteiger partial charge in [0.2, 0.25) is 17.7 Å².